The van der Waals surface area contributed by atoms with E-state index in [4.69, 9.17) is 0 Å². The van der Waals surface area contributed by atoms with E-state index < -0.39 is 0 Å². The van der Waals surface area contributed by atoms with Gasteiger partial charge in [0.05, 0.1) is 0 Å². The van der Waals surface area contributed by atoms with Crippen molar-refractivity contribution < 1.29 is 53.7 Å². The van der Waals surface area contributed by atoms with Crippen molar-refractivity contribution in [1.29, 1.82) is 0 Å². The molecule has 6 rings (SSSR count). The number of nitrogens with zero attached hydrogens (tertiary/aromatic N) is 6. The molecule has 0 aliphatic rings. The third kappa shape index (κ3) is 136. The number of benzene rings is 6. The van der Waals surface area contributed by atoms with E-state index in [2.05, 4.69) is 458 Å². The number of unbranched alkanes of at least 4 members (excludes halogenated alkanes) is 6. The summed E-state index contributed by atoms with van der Waals surface area (Å²) in [6, 6.07) is 46.3. The molecule has 0 saturated carbocycles. The Balaban J connectivity index is -0.0000000432. The average Bonchev–Trinajstić information content (AvgIpc) is 0.834. The van der Waals surface area contributed by atoms with Crippen molar-refractivity contribution in [1.82, 2.24) is 0 Å². The maximum Gasteiger partial charge on any atom is 4.00 e. The second-order valence-corrected chi connectivity index (χ2v) is 111. The van der Waals surface area contributed by atoms with Crippen molar-refractivity contribution in [2.24, 2.45) is 0 Å². The minimum absolute atomic E-state index is 0. The van der Waals surface area contributed by atoms with E-state index in [1.807, 2.05) is 249 Å². The summed E-state index contributed by atoms with van der Waals surface area (Å²) in [6.07, 6.45) is 34.5. The summed E-state index contributed by atoms with van der Waals surface area (Å²) in [5, 5.41) is 0. The Morgan fingerprint density at radius 1 is 0.245 bits per heavy atom. The monoisotopic (exact) mass is 3290 g/mol. The Kier molecular flexibility index (Phi) is 303. The largest absolute Gasteiger partial charge is 4.00 e. The van der Waals surface area contributed by atoms with E-state index in [0.717, 1.165) is 104 Å². The maximum atomic E-state index is 2.56. The van der Waals surface area contributed by atoms with Crippen LogP contribution in [-0.2, 0) is 111 Å². The molecule has 0 heterocycles. The Morgan fingerprint density at radius 2 is 0.429 bits per heavy atom. The fourth-order valence-electron chi connectivity index (χ4n) is 12.7. The molecule has 910 valence electrons. The van der Waals surface area contributed by atoms with Crippen LogP contribution in [0.5, 0.6) is 0 Å². The first-order valence-electron chi connectivity index (χ1n) is 57.1. The van der Waals surface area contributed by atoms with Gasteiger partial charge in [0, 0.05) is 95.3 Å². The van der Waals surface area contributed by atoms with E-state index in [9.17, 15) is 0 Å². The van der Waals surface area contributed by atoms with E-state index in [0.29, 0.717) is 0 Å². The van der Waals surface area contributed by atoms with Gasteiger partial charge in [-0.05, 0) is 145 Å². The Hall–Kier alpha value is 1.20. The zero-order valence-corrected chi connectivity index (χ0v) is 128. The molecule has 0 atom stereocenters. The van der Waals surface area contributed by atoms with Crippen LogP contribution in [0.4, 0.5) is 34.1 Å². The maximum absolute atomic E-state index is 2.56. The first kappa shape index (κ1) is 219. The number of halogens is 6. The van der Waals surface area contributed by atoms with E-state index in [-0.39, 0.29) is 90.8 Å². The van der Waals surface area contributed by atoms with Gasteiger partial charge in [-0.1, -0.05) is 503 Å². The van der Waals surface area contributed by atoms with Crippen molar-refractivity contribution in [2.45, 2.75) is 512 Å². The fraction of sp³-hybridized carbons (Fsp3) is 0.664. The van der Waals surface area contributed by atoms with Crippen LogP contribution in [0.3, 0.4) is 0 Å². The molecule has 0 aromatic heterocycles. The van der Waals surface area contributed by atoms with Gasteiger partial charge in [-0.15, -0.1) is 39.3 Å². The zero-order valence-electron chi connectivity index (χ0n) is 107. The van der Waals surface area contributed by atoms with Crippen LogP contribution in [0.15, 0.2) is 127 Å². The Bertz CT molecular complexity index is 2610. The molecular formula is C131H270I6N6Pd2Pt2-4. The molecule has 0 radical (unpaired) electrons. The number of aryl methyl sites for hydroxylation is 9. The molecule has 0 unspecified atom stereocenters. The van der Waals surface area contributed by atoms with Crippen molar-refractivity contribution in [2.75, 3.05) is 109 Å². The minimum atomic E-state index is -0.359. The van der Waals surface area contributed by atoms with Crippen molar-refractivity contribution >= 4 is 151 Å². The standard InChI is InChI=1S/C16H27N.2C16H25N.C14H23N.2C14H22N.18C2H6.3CH4.2CH3.6HI.2Pd.2Pt/c3*1-4-7-10-14-17(13-5-2)16-12-9-8-11-15(16)6-3;3*1-5-11-15(4)14-12(6-2)9-8-10-13(14)7-3;18*1-2;;;;;;;;;;;;;;;/h8-9,11-12H,4-7,10,13-14H2,1-3H3;2*5,8-12H,4,6-7,13-14H2,1-3H3;8-10H,5-7,11H2,1-4H3;2*5,8-10H,6-7,11H2,1-4H3;18*1-2H3;3*1H4;2*1H3;6*1H;;;;/q;2*-2;;2*-1;;;;;;;;;;;;;;;;;;;;;;2*-1;;;;;;;;2*+3;+4/p-6. The third-order valence-electron chi connectivity index (χ3n) is 17.7. The van der Waals surface area contributed by atoms with Crippen molar-refractivity contribution in [3.05, 3.63) is 231 Å². The summed E-state index contributed by atoms with van der Waals surface area (Å²) in [7, 11) is 6.55. The van der Waals surface area contributed by atoms with Crippen LogP contribution in [0.2, 0.25) is 0 Å². The molecule has 16 heteroatoms. The SMILES string of the molecule is C.C.C.CC.CC.CC.CC.CC.CC.CC.CC.CC.CC.CC.CC.CC.CC.CC.CC.CC.CC.CCCCCN(CCC)c1ccccc1CC.CCCN(C)c1c(CC)cccc1CC.C[CH-]CN(C)c1c(CC)cccc1CC.C[CH-]CN(C)c1c(CC)cccc1CC.C[CH-]CN(C[CH-]CCC)c1ccccc1CC.C[CH-]CN(C[CH-]CCC)c1ccccc1CC.[CH3-].[CH3-].[I][Pd]([I])[I].[I][Pt]([I])[I].[Pd].[Pt+4]. The topological polar surface area (TPSA) is 19.4 Å². The van der Waals surface area contributed by atoms with Gasteiger partial charge in [0.15, 0.2) is 0 Å². The van der Waals surface area contributed by atoms with Gasteiger partial charge >= 0.3 is 150 Å². The number of hydrogen-bond donors (Lipinski definition) is 0. The summed E-state index contributed by atoms with van der Waals surface area (Å²) < 4.78 is 0. The molecule has 0 saturated heterocycles. The molecular weight excluding hydrogens is 3020 g/mol. The first-order valence-corrected chi connectivity index (χ1v) is 90.3. The predicted molar refractivity (Wildman–Crippen MR) is 759 cm³/mol. The van der Waals surface area contributed by atoms with Gasteiger partial charge in [-0.25, -0.2) is 0 Å². The third-order valence-corrected chi connectivity index (χ3v) is 17.7. The van der Waals surface area contributed by atoms with Crippen LogP contribution in [-0.4, -0.2) is 80.0 Å². The molecule has 0 N–H and O–H groups in total. The quantitative estimate of drug-likeness (QED) is 0.0165. The second kappa shape index (κ2) is 204. The fourth-order valence-corrected chi connectivity index (χ4v) is 12.7. The van der Waals surface area contributed by atoms with Crippen LogP contribution in [0, 0.1) is 53.4 Å². The summed E-state index contributed by atoms with van der Waals surface area (Å²) in [5.41, 5.74) is 21.7. The molecule has 0 fully saturated rings. The van der Waals surface area contributed by atoms with Gasteiger partial charge < -0.3 is 82.8 Å². The van der Waals surface area contributed by atoms with Gasteiger partial charge in [0.2, 0.25) is 0 Å². The van der Waals surface area contributed by atoms with Gasteiger partial charge in [-0.3, -0.25) is 0 Å². The summed E-state index contributed by atoms with van der Waals surface area (Å²) in [4.78, 5) is 14.6. The molecule has 0 aliphatic heterocycles. The molecule has 6 aromatic rings. The summed E-state index contributed by atoms with van der Waals surface area (Å²) in [6.45, 7) is 121. The normalized spacial score (nSPS) is 8.18. The molecule has 0 aliphatic carbocycles. The predicted octanol–water partition coefficient (Wildman–Crippen LogP) is 50.4. The molecule has 0 bridgehead atoms. The van der Waals surface area contributed by atoms with E-state index in [1.165, 1.54) is 155 Å². The van der Waals surface area contributed by atoms with E-state index in [1.54, 1.807) is 0 Å². The molecule has 0 amide bonds. The van der Waals surface area contributed by atoms with Crippen LogP contribution in [0.1, 0.15) is 504 Å². The summed E-state index contributed by atoms with van der Waals surface area (Å²) in [5.74, 6) is -0.0733. The number of para-hydroxylation sites is 6. The van der Waals surface area contributed by atoms with E-state index >= 15 is 0 Å². The van der Waals surface area contributed by atoms with Crippen molar-refractivity contribution in [3.63, 3.8) is 0 Å². The Morgan fingerprint density at radius 3 is 0.605 bits per heavy atom. The molecule has 0 spiro atoms. The average molecular weight is 3290 g/mol. The smallest absolute Gasteiger partial charge is 0 e. The van der Waals surface area contributed by atoms with Crippen LogP contribution < -0.4 is 29.4 Å². The number of anilines is 6. The molecule has 6 nitrogen and oxygen atoms in total. The molecule has 147 heavy (non-hydrogen) atoms. The Labute approximate surface area is 1040 Å². The van der Waals surface area contributed by atoms with Gasteiger partial charge in [0.25, 0.3) is 0 Å². The summed E-state index contributed by atoms with van der Waals surface area (Å²) >= 11 is 14.7. The molecule has 6 aromatic carbocycles. The number of hydrogen-bond acceptors (Lipinski definition) is 6. The number of rotatable bonds is 39. The minimum Gasteiger partial charge on any atom is 0 e. The zero-order chi connectivity index (χ0) is 114. The van der Waals surface area contributed by atoms with Crippen LogP contribution in [0.25, 0.3) is 0 Å². The van der Waals surface area contributed by atoms with Crippen molar-refractivity contribution in [3.8, 4) is 0 Å². The van der Waals surface area contributed by atoms with Crippen LogP contribution >= 0.6 is 117 Å². The second-order valence-electron chi connectivity index (χ2n) is 25.6. The van der Waals surface area contributed by atoms with Gasteiger partial charge in [0.1, 0.15) is 0 Å². The first-order chi connectivity index (χ1) is 68.2. The van der Waals surface area contributed by atoms with Gasteiger partial charge in [-0.2, -0.15) is 40.5 Å².